The van der Waals surface area contributed by atoms with E-state index in [0.717, 1.165) is 0 Å². The summed E-state index contributed by atoms with van der Waals surface area (Å²) in [5.41, 5.74) is 6.57. The number of nitrogens with two attached hydrogens (primary N) is 1. The molecule has 0 saturated heterocycles. The number of aromatic nitrogens is 1. The SMILES string of the molecule is COc1cc(C(N)=O)ccn1.O=C(O)c1ccc2c(c1)C(=O)/C(=C/c1cccc(Cl)c1)S(=O)N2. The van der Waals surface area contributed by atoms with E-state index < -0.39 is 28.6 Å². The number of carboxylic acids is 1. The molecule has 1 aliphatic heterocycles. The number of halogens is 1. The van der Waals surface area contributed by atoms with Gasteiger partial charge in [-0.2, -0.15) is 0 Å². The molecule has 9 nitrogen and oxygen atoms in total. The lowest BCUT2D eigenvalue weighted by Gasteiger charge is -2.19. The lowest BCUT2D eigenvalue weighted by Crippen LogP contribution is -2.23. The third-order valence-electron chi connectivity index (χ3n) is 4.51. The van der Waals surface area contributed by atoms with Gasteiger partial charge in [0, 0.05) is 28.4 Å². The zero-order chi connectivity index (χ0) is 24.8. The normalized spacial score (nSPS) is 15.4. The quantitative estimate of drug-likeness (QED) is 0.465. The first kappa shape index (κ1) is 24.6. The van der Waals surface area contributed by atoms with Crippen molar-refractivity contribution < 1.29 is 28.4 Å². The van der Waals surface area contributed by atoms with E-state index in [1.165, 1.54) is 49.7 Å². The summed E-state index contributed by atoms with van der Waals surface area (Å²) in [7, 11) is -0.244. The molecule has 1 atom stereocenters. The van der Waals surface area contributed by atoms with Crippen molar-refractivity contribution in [2.45, 2.75) is 0 Å². The van der Waals surface area contributed by atoms with Crippen molar-refractivity contribution in [2.24, 2.45) is 5.73 Å². The number of amides is 1. The maximum absolute atomic E-state index is 12.6. The number of rotatable bonds is 4. The molecule has 4 N–H and O–H groups in total. The standard InChI is InChI=1S/C16H10ClNO4S.C7H8N2O2/c17-11-3-1-2-9(6-11)7-14-15(19)12-8-10(16(20)21)4-5-13(12)18-23(14)22;1-11-6-4-5(7(8)10)2-3-9-6/h1-8,18H,(H,20,21);2-4H,1H3,(H2,8,10)/b14-7-;. The maximum atomic E-state index is 12.6. The van der Waals surface area contributed by atoms with Gasteiger partial charge in [-0.1, -0.05) is 23.7 Å². The van der Waals surface area contributed by atoms with Gasteiger partial charge in [0.25, 0.3) is 0 Å². The number of allylic oxidation sites excluding steroid dienone is 1. The van der Waals surface area contributed by atoms with Gasteiger partial charge in [0.05, 0.1) is 18.4 Å². The molecule has 1 unspecified atom stereocenters. The van der Waals surface area contributed by atoms with E-state index in [9.17, 15) is 18.6 Å². The van der Waals surface area contributed by atoms with Crippen molar-refractivity contribution in [1.82, 2.24) is 4.98 Å². The molecule has 1 aromatic heterocycles. The Balaban J connectivity index is 0.000000248. The largest absolute Gasteiger partial charge is 0.481 e. The Morgan fingerprint density at radius 3 is 2.56 bits per heavy atom. The number of carboxylic acid groups (broad SMARTS) is 1. The minimum Gasteiger partial charge on any atom is -0.481 e. The van der Waals surface area contributed by atoms with E-state index in [4.69, 9.17) is 27.2 Å². The highest BCUT2D eigenvalue weighted by Gasteiger charge is 2.28. The van der Waals surface area contributed by atoms with Crippen LogP contribution in [0.2, 0.25) is 5.02 Å². The first-order valence-electron chi connectivity index (χ1n) is 9.57. The molecule has 0 bridgehead atoms. The number of Topliss-reactive ketones (excluding diaryl/α,β-unsaturated/α-hetero) is 1. The summed E-state index contributed by atoms with van der Waals surface area (Å²) in [6.07, 6.45) is 2.95. The van der Waals surface area contributed by atoms with Gasteiger partial charge in [-0.15, -0.1) is 0 Å². The topological polar surface area (TPSA) is 149 Å². The Bertz CT molecular complexity index is 1340. The summed E-state index contributed by atoms with van der Waals surface area (Å²) in [5, 5.41) is 9.53. The highest BCUT2D eigenvalue weighted by molar-refractivity contribution is 7.91. The van der Waals surface area contributed by atoms with Gasteiger partial charge < -0.3 is 20.3 Å². The van der Waals surface area contributed by atoms with E-state index in [1.54, 1.807) is 24.3 Å². The van der Waals surface area contributed by atoms with E-state index in [2.05, 4.69) is 9.71 Å². The number of pyridine rings is 1. The summed E-state index contributed by atoms with van der Waals surface area (Å²) < 4.78 is 19.7. The molecular weight excluding hydrogens is 482 g/mol. The molecule has 174 valence electrons. The fourth-order valence-corrected chi connectivity index (χ4v) is 4.07. The van der Waals surface area contributed by atoms with E-state index in [-0.39, 0.29) is 16.0 Å². The lowest BCUT2D eigenvalue weighted by atomic mass is 10.0. The van der Waals surface area contributed by atoms with Gasteiger partial charge in [-0.05, 0) is 48.0 Å². The van der Waals surface area contributed by atoms with Crippen LogP contribution in [0.1, 0.15) is 36.6 Å². The predicted octanol–water partition coefficient (Wildman–Crippen LogP) is 3.54. The van der Waals surface area contributed by atoms with Gasteiger partial charge in [0.1, 0.15) is 4.91 Å². The number of carbonyl (C=O) groups excluding carboxylic acids is 2. The third-order valence-corrected chi connectivity index (χ3v) is 5.86. The zero-order valence-electron chi connectivity index (χ0n) is 17.7. The Morgan fingerprint density at radius 1 is 1.15 bits per heavy atom. The number of methoxy groups -OCH3 is 1. The van der Waals surface area contributed by atoms with E-state index in [1.807, 2.05) is 0 Å². The highest BCUT2D eigenvalue weighted by Crippen LogP contribution is 2.29. The fraction of sp³-hybridized carbons (Fsp3) is 0.0435. The number of nitrogens with zero attached hydrogens (tertiary/aromatic N) is 1. The molecule has 11 heteroatoms. The average Bonchev–Trinajstić information content (AvgIpc) is 2.82. The van der Waals surface area contributed by atoms with E-state index in [0.29, 0.717) is 27.7 Å². The van der Waals surface area contributed by atoms with Crippen molar-refractivity contribution in [1.29, 1.82) is 0 Å². The Labute approximate surface area is 201 Å². The van der Waals surface area contributed by atoms with Crippen molar-refractivity contribution in [3.63, 3.8) is 0 Å². The number of carbonyl (C=O) groups is 3. The number of benzene rings is 2. The van der Waals surface area contributed by atoms with Crippen molar-refractivity contribution in [2.75, 3.05) is 11.8 Å². The molecule has 0 radical (unpaired) electrons. The molecule has 1 amide bonds. The second-order valence-corrected chi connectivity index (χ2v) is 8.40. The molecular formula is C23H18ClN3O6S. The van der Waals surface area contributed by atoms with Gasteiger partial charge in [0.15, 0.2) is 11.0 Å². The number of fused-ring (bicyclic) bond motifs is 1. The highest BCUT2D eigenvalue weighted by atomic mass is 35.5. The maximum Gasteiger partial charge on any atom is 0.335 e. The number of hydrogen-bond acceptors (Lipinski definition) is 6. The molecule has 0 saturated carbocycles. The van der Waals surface area contributed by atoms with Crippen LogP contribution in [0.4, 0.5) is 5.69 Å². The second kappa shape index (κ2) is 10.7. The monoisotopic (exact) mass is 499 g/mol. The minimum absolute atomic E-state index is 0.00584. The number of anilines is 1. The van der Waals surface area contributed by atoms with Crippen LogP contribution in [0.15, 0.2) is 65.7 Å². The van der Waals surface area contributed by atoms with Crippen LogP contribution in [-0.4, -0.2) is 39.1 Å². The summed E-state index contributed by atoms with van der Waals surface area (Å²) in [4.78, 5) is 38.1. The van der Waals surface area contributed by atoms with Crippen LogP contribution in [0.5, 0.6) is 5.88 Å². The summed E-state index contributed by atoms with van der Waals surface area (Å²) >= 11 is 5.90. The molecule has 0 aliphatic carbocycles. The van der Waals surface area contributed by atoms with Gasteiger partial charge >= 0.3 is 5.97 Å². The van der Waals surface area contributed by atoms with Crippen LogP contribution in [0, 0.1) is 0 Å². The van der Waals surface area contributed by atoms with Crippen LogP contribution < -0.4 is 15.2 Å². The molecule has 1 aliphatic rings. The number of primary amides is 1. The van der Waals surface area contributed by atoms with Crippen molar-refractivity contribution in [3.8, 4) is 5.88 Å². The van der Waals surface area contributed by atoms with Crippen molar-refractivity contribution >= 4 is 52.0 Å². The number of ether oxygens (including phenoxy) is 1. The van der Waals surface area contributed by atoms with Crippen LogP contribution >= 0.6 is 11.6 Å². The molecule has 0 fully saturated rings. The number of aromatic carboxylic acids is 1. The van der Waals surface area contributed by atoms with E-state index >= 15 is 0 Å². The minimum atomic E-state index is -1.72. The summed E-state index contributed by atoms with van der Waals surface area (Å²) in [6, 6.07) is 13.9. The summed E-state index contributed by atoms with van der Waals surface area (Å²) in [5.74, 6) is -1.69. The van der Waals surface area contributed by atoms with Gasteiger partial charge in [0.2, 0.25) is 17.6 Å². The number of hydrogen-bond donors (Lipinski definition) is 3. The van der Waals surface area contributed by atoms with Crippen LogP contribution in [-0.2, 0) is 11.0 Å². The molecule has 4 rings (SSSR count). The Hall–Kier alpha value is -4.02. The van der Waals surface area contributed by atoms with Gasteiger partial charge in [-0.3, -0.25) is 9.59 Å². The lowest BCUT2D eigenvalue weighted by molar-refractivity contribution is 0.0696. The second-order valence-electron chi connectivity index (χ2n) is 6.78. The molecule has 0 spiro atoms. The van der Waals surface area contributed by atoms with Crippen molar-refractivity contribution in [3.05, 3.63) is 93.0 Å². The third kappa shape index (κ3) is 5.85. The first-order chi connectivity index (χ1) is 16.2. The average molecular weight is 500 g/mol. The Kier molecular flexibility index (Phi) is 7.77. The smallest absolute Gasteiger partial charge is 0.335 e. The van der Waals surface area contributed by atoms with Gasteiger partial charge in [-0.25, -0.2) is 14.0 Å². The molecule has 34 heavy (non-hydrogen) atoms. The Morgan fingerprint density at radius 2 is 1.91 bits per heavy atom. The predicted molar refractivity (Wildman–Crippen MR) is 128 cm³/mol. The molecule has 2 heterocycles. The fourth-order valence-electron chi connectivity index (χ4n) is 2.87. The number of ketones is 1. The summed E-state index contributed by atoms with van der Waals surface area (Å²) in [6.45, 7) is 0. The number of nitrogens with one attached hydrogen (secondary N) is 1. The molecule has 3 aromatic rings. The first-order valence-corrected chi connectivity index (χ1v) is 11.1. The van der Waals surface area contributed by atoms with Crippen LogP contribution in [0.3, 0.4) is 0 Å². The molecule has 2 aromatic carbocycles. The van der Waals surface area contributed by atoms with Crippen LogP contribution in [0.25, 0.3) is 6.08 Å². The zero-order valence-corrected chi connectivity index (χ0v) is 19.2.